The Kier molecular flexibility index (Phi) is 30.4. The van der Waals surface area contributed by atoms with Crippen molar-refractivity contribution in [3.63, 3.8) is 0 Å². The Morgan fingerprint density at radius 2 is 1.10 bits per heavy atom. The van der Waals surface area contributed by atoms with Crippen molar-refractivity contribution in [1.29, 1.82) is 5.26 Å². The molecule has 0 saturated heterocycles. The zero-order valence-corrected chi connectivity index (χ0v) is 26.5. The largest absolute Gasteiger partial charge is 0.238 e. The number of hydrogen-bond acceptors (Lipinski definition) is 1. The van der Waals surface area contributed by atoms with Crippen LogP contribution >= 0.6 is 0 Å². The van der Waals surface area contributed by atoms with Crippen LogP contribution in [0.3, 0.4) is 0 Å². The lowest BCUT2D eigenvalue weighted by molar-refractivity contribution is 0.866. The van der Waals surface area contributed by atoms with Crippen LogP contribution in [0.1, 0.15) is 131 Å². The zero-order valence-electron chi connectivity index (χ0n) is 26.5. The van der Waals surface area contributed by atoms with Gasteiger partial charge in [-0.3, -0.25) is 0 Å². The first kappa shape index (κ1) is 43.2. The van der Waals surface area contributed by atoms with Crippen molar-refractivity contribution in [1.82, 2.24) is 0 Å². The summed E-state index contributed by atoms with van der Waals surface area (Å²) in [5.41, 5.74) is 5.90. The van der Waals surface area contributed by atoms with Gasteiger partial charge in [-0.15, -0.1) is 0 Å². The van der Waals surface area contributed by atoms with E-state index in [1.807, 2.05) is 108 Å². The molecule has 0 fully saturated rings. The van der Waals surface area contributed by atoms with Crippen LogP contribution < -0.4 is 0 Å². The van der Waals surface area contributed by atoms with E-state index in [1.165, 1.54) is 11.1 Å². The van der Waals surface area contributed by atoms with E-state index in [4.69, 9.17) is 18.4 Å². The molecule has 0 aliphatic rings. The molecule has 0 aliphatic carbocycles. The molecule has 3 heteroatoms. The van der Waals surface area contributed by atoms with Gasteiger partial charge in [0, 0.05) is 0 Å². The molecule has 3 rings (SSSR count). The molecule has 3 nitrogen and oxygen atoms in total. The normalized spacial score (nSPS) is 8.40. The summed E-state index contributed by atoms with van der Waals surface area (Å²) in [4.78, 5) is 6.81. The number of para-hydroxylation sites is 1. The third-order valence-corrected chi connectivity index (χ3v) is 5.05. The first-order valence-electron chi connectivity index (χ1n) is 14.2. The molecule has 3 aromatic rings. The molecule has 0 heterocycles. The quantitative estimate of drug-likeness (QED) is 0.303. The average molecular weight is 542 g/mol. The fraction of sp³-hybridized carbons (Fsp3) is 0.432. The second-order valence-corrected chi connectivity index (χ2v) is 8.58. The summed E-state index contributed by atoms with van der Waals surface area (Å²) in [5, 5.41) is 8.52. The summed E-state index contributed by atoms with van der Waals surface area (Å²) in [6, 6.07) is 25.3. The van der Waals surface area contributed by atoms with Crippen LogP contribution in [-0.2, 0) is 0 Å². The number of nitrogens with zero attached hydrogens (tertiary/aromatic N) is 3. The van der Waals surface area contributed by atoms with E-state index in [1.54, 1.807) is 0 Å². The molecule has 0 aliphatic heterocycles. The van der Waals surface area contributed by atoms with Gasteiger partial charge >= 0.3 is 0 Å². The minimum atomic E-state index is 0. The van der Waals surface area contributed by atoms with Crippen molar-refractivity contribution < 1.29 is 0 Å². The topological polar surface area (TPSA) is 32.5 Å². The van der Waals surface area contributed by atoms with Gasteiger partial charge < -0.3 is 0 Å². The van der Waals surface area contributed by atoms with Crippen molar-refractivity contribution in [2.45, 2.75) is 108 Å². The van der Waals surface area contributed by atoms with Gasteiger partial charge in [0.15, 0.2) is 11.4 Å². The standard InChI is InChI=1S/3C10H11N.3C2H6.CH4/c1-8(2)9-5-4-6-10(7-9)11-3;1-8(2)9-6-4-5-7-10(9)11-3;1-8(2)10-5-3-9(7-11)4-6-10;3*1-2;/h2*4-8H,1-2H3;3-6,8H,1-2H3;3*1-2H3;1H4. The smallest absolute Gasteiger partial charge is 0.190 e. The first-order valence-corrected chi connectivity index (χ1v) is 14.2. The molecule has 0 amide bonds. The highest BCUT2D eigenvalue weighted by atomic mass is 14.6. The fourth-order valence-corrected chi connectivity index (χ4v) is 2.97. The summed E-state index contributed by atoms with van der Waals surface area (Å²) in [7, 11) is 0. The molecule has 0 atom stereocenters. The monoisotopic (exact) mass is 541 g/mol. The van der Waals surface area contributed by atoms with Gasteiger partial charge in [-0.25, -0.2) is 9.69 Å². The van der Waals surface area contributed by atoms with E-state index in [0.29, 0.717) is 17.8 Å². The van der Waals surface area contributed by atoms with Crippen molar-refractivity contribution in [2.75, 3.05) is 0 Å². The van der Waals surface area contributed by atoms with Crippen molar-refractivity contribution in [3.05, 3.63) is 118 Å². The maximum absolute atomic E-state index is 8.52. The Bertz CT molecular complexity index is 1120. The van der Waals surface area contributed by atoms with Gasteiger partial charge in [0.1, 0.15) is 0 Å². The molecule has 0 radical (unpaired) electrons. The molecule has 0 saturated carbocycles. The lowest BCUT2D eigenvalue weighted by Gasteiger charge is -2.05. The van der Waals surface area contributed by atoms with Crippen molar-refractivity contribution >= 4 is 11.4 Å². The maximum Gasteiger partial charge on any atom is 0.190 e. The third kappa shape index (κ3) is 18.4. The van der Waals surface area contributed by atoms with Gasteiger partial charge in [0.2, 0.25) is 0 Å². The van der Waals surface area contributed by atoms with Crippen molar-refractivity contribution in [2.24, 2.45) is 0 Å². The average Bonchev–Trinajstić information content (AvgIpc) is 3.00. The van der Waals surface area contributed by atoms with Crippen LogP contribution in [0, 0.1) is 24.5 Å². The molecule has 3 aromatic carbocycles. The first-order chi connectivity index (χ1) is 18.7. The number of nitriles is 1. The number of benzene rings is 3. The molecule has 0 N–H and O–H groups in total. The van der Waals surface area contributed by atoms with Crippen molar-refractivity contribution in [3.8, 4) is 6.07 Å². The van der Waals surface area contributed by atoms with Gasteiger partial charge in [-0.05, 0) is 41.0 Å². The number of hydrogen-bond donors (Lipinski definition) is 0. The molecule has 0 spiro atoms. The lowest BCUT2D eigenvalue weighted by atomic mass is 10.0. The second kappa shape index (κ2) is 28.1. The summed E-state index contributed by atoms with van der Waals surface area (Å²) < 4.78 is 0. The minimum Gasteiger partial charge on any atom is -0.238 e. The van der Waals surface area contributed by atoms with E-state index in [2.05, 4.69) is 63.4 Å². The second-order valence-electron chi connectivity index (χ2n) is 8.58. The van der Waals surface area contributed by atoms with E-state index in [-0.39, 0.29) is 7.43 Å². The highest BCUT2D eigenvalue weighted by Gasteiger charge is 2.03. The van der Waals surface area contributed by atoms with Crippen LogP contribution in [0.5, 0.6) is 0 Å². The Morgan fingerprint density at radius 3 is 1.48 bits per heavy atom. The Morgan fingerprint density at radius 1 is 0.600 bits per heavy atom. The predicted octanol–water partition coefficient (Wildman–Crippen LogP) is 13.1. The minimum absolute atomic E-state index is 0. The van der Waals surface area contributed by atoms with Crippen LogP contribution in [0.2, 0.25) is 0 Å². The third-order valence-electron chi connectivity index (χ3n) is 5.05. The Balaban J connectivity index is -0.000000219. The highest BCUT2D eigenvalue weighted by Crippen LogP contribution is 2.25. The lowest BCUT2D eigenvalue weighted by Crippen LogP contribution is -1.85. The Hall–Kier alpha value is -3.87. The maximum atomic E-state index is 8.52. The molecular weight excluding hydrogens is 486 g/mol. The van der Waals surface area contributed by atoms with E-state index in [0.717, 1.165) is 22.5 Å². The Labute approximate surface area is 248 Å². The molecule has 0 aromatic heterocycles. The molecule has 0 unspecified atom stereocenters. The van der Waals surface area contributed by atoms with Gasteiger partial charge in [-0.1, -0.05) is 157 Å². The number of rotatable bonds is 3. The van der Waals surface area contributed by atoms with Crippen LogP contribution in [0.15, 0.2) is 72.8 Å². The molecule has 0 bridgehead atoms. The van der Waals surface area contributed by atoms with E-state index < -0.39 is 0 Å². The predicted molar refractivity (Wildman–Crippen MR) is 180 cm³/mol. The summed E-state index contributed by atoms with van der Waals surface area (Å²) in [6.07, 6.45) is 0. The highest BCUT2D eigenvalue weighted by molar-refractivity contribution is 5.53. The van der Waals surface area contributed by atoms with Gasteiger partial charge in [0.25, 0.3) is 0 Å². The van der Waals surface area contributed by atoms with Crippen LogP contribution in [0.4, 0.5) is 11.4 Å². The summed E-state index contributed by atoms with van der Waals surface area (Å²) >= 11 is 0. The van der Waals surface area contributed by atoms with Crippen LogP contribution in [0.25, 0.3) is 9.69 Å². The molecule has 40 heavy (non-hydrogen) atoms. The molecule has 218 valence electrons. The summed E-state index contributed by atoms with van der Waals surface area (Å²) in [5.74, 6) is 1.50. The van der Waals surface area contributed by atoms with E-state index in [9.17, 15) is 0 Å². The zero-order chi connectivity index (χ0) is 30.8. The van der Waals surface area contributed by atoms with Gasteiger partial charge in [0.05, 0.1) is 24.8 Å². The SMILES string of the molecule is C.CC.CC.CC.CC(C)c1ccc(C#N)cc1.[C-]#[N+]c1cccc(C(C)C)c1.[C-]#[N+]c1ccccc1C(C)C. The van der Waals surface area contributed by atoms with Gasteiger partial charge in [-0.2, -0.15) is 5.26 Å². The fourth-order valence-electron chi connectivity index (χ4n) is 2.97. The van der Waals surface area contributed by atoms with Crippen LogP contribution in [-0.4, -0.2) is 0 Å². The van der Waals surface area contributed by atoms with E-state index >= 15 is 0 Å². The summed E-state index contributed by atoms with van der Waals surface area (Å²) in [6.45, 7) is 38.4. The molecular formula is C37H55N3.